The number of aryl methyl sites for hydroxylation is 2. The molecule has 3 aromatic rings. The van der Waals surface area contributed by atoms with E-state index in [0.717, 1.165) is 22.1 Å². The van der Waals surface area contributed by atoms with Crippen LogP contribution < -0.4 is 15.8 Å². The predicted molar refractivity (Wildman–Crippen MR) is 111 cm³/mol. The van der Waals surface area contributed by atoms with Crippen LogP contribution in [-0.4, -0.2) is 22.8 Å². The molecule has 0 saturated heterocycles. The van der Waals surface area contributed by atoms with E-state index in [1.165, 1.54) is 0 Å². The summed E-state index contributed by atoms with van der Waals surface area (Å²) >= 11 is 3.39. The van der Waals surface area contributed by atoms with E-state index in [4.69, 9.17) is 10.5 Å². The van der Waals surface area contributed by atoms with Crippen LogP contribution in [0.2, 0.25) is 0 Å². The topological polar surface area (TPSA) is 82.2 Å². The van der Waals surface area contributed by atoms with Crippen molar-refractivity contribution in [2.45, 2.75) is 20.3 Å². The summed E-state index contributed by atoms with van der Waals surface area (Å²) in [5.41, 5.74) is 9.77. The fraction of sp³-hybridized carbons (Fsp3) is 0.200. The molecule has 0 fully saturated rings. The Hall–Kier alpha value is -2.80. The van der Waals surface area contributed by atoms with Crippen LogP contribution in [0.5, 0.6) is 5.75 Å². The number of carbonyl (C=O) groups is 1. The number of hydrogen-bond acceptors (Lipinski definition) is 4. The number of halogens is 1. The Bertz CT molecular complexity index is 998. The van der Waals surface area contributed by atoms with Gasteiger partial charge < -0.3 is 15.8 Å². The van der Waals surface area contributed by atoms with Crippen LogP contribution in [0.25, 0.3) is 5.69 Å². The summed E-state index contributed by atoms with van der Waals surface area (Å²) in [5, 5.41) is 7.36. The number of ether oxygens (including phenoxy) is 1. The molecule has 0 unspecified atom stereocenters. The van der Waals surface area contributed by atoms with E-state index in [-0.39, 0.29) is 5.91 Å². The van der Waals surface area contributed by atoms with E-state index in [1.807, 2.05) is 30.3 Å². The second kappa shape index (κ2) is 7.84. The summed E-state index contributed by atoms with van der Waals surface area (Å²) in [4.78, 5) is 12.9. The highest BCUT2D eigenvalue weighted by atomic mass is 79.9. The molecule has 0 spiro atoms. The zero-order chi connectivity index (χ0) is 19.6. The van der Waals surface area contributed by atoms with Gasteiger partial charge in [0, 0.05) is 4.47 Å². The predicted octanol–water partition coefficient (Wildman–Crippen LogP) is 4.35. The maximum Gasteiger partial charge on any atom is 0.261 e. The lowest BCUT2D eigenvalue weighted by Gasteiger charge is -2.11. The first-order valence-corrected chi connectivity index (χ1v) is 9.33. The van der Waals surface area contributed by atoms with Gasteiger partial charge in [0.05, 0.1) is 24.2 Å². The average molecular weight is 429 g/mol. The highest BCUT2D eigenvalue weighted by Crippen LogP contribution is 2.30. The minimum Gasteiger partial charge on any atom is -0.495 e. The Balaban J connectivity index is 1.99. The SMILES string of the molecule is CCc1ccccc1-n1nc(C)c(C(=O)Nc2ccc(Br)cc2OC)c1N. The highest BCUT2D eigenvalue weighted by molar-refractivity contribution is 9.10. The highest BCUT2D eigenvalue weighted by Gasteiger charge is 2.22. The maximum absolute atomic E-state index is 12.9. The van der Waals surface area contributed by atoms with Gasteiger partial charge in [0.15, 0.2) is 0 Å². The van der Waals surface area contributed by atoms with Crippen LogP contribution in [0.4, 0.5) is 11.5 Å². The van der Waals surface area contributed by atoms with E-state index >= 15 is 0 Å². The number of hydrogen-bond donors (Lipinski definition) is 2. The Morgan fingerprint density at radius 3 is 2.74 bits per heavy atom. The van der Waals surface area contributed by atoms with Crippen molar-refractivity contribution in [3.63, 3.8) is 0 Å². The minimum absolute atomic E-state index is 0.307. The summed E-state index contributed by atoms with van der Waals surface area (Å²) < 4.78 is 7.82. The molecule has 7 heteroatoms. The number of nitrogen functional groups attached to an aromatic ring is 1. The van der Waals surface area contributed by atoms with Gasteiger partial charge in [-0.05, 0) is 43.2 Å². The average Bonchev–Trinajstić information content (AvgIpc) is 2.97. The number of nitrogens with zero attached hydrogens (tertiary/aromatic N) is 2. The molecule has 1 aromatic heterocycles. The van der Waals surface area contributed by atoms with Crippen LogP contribution >= 0.6 is 15.9 Å². The molecule has 0 radical (unpaired) electrons. The van der Waals surface area contributed by atoms with Crippen molar-refractivity contribution in [3.8, 4) is 11.4 Å². The molecule has 0 aliphatic heterocycles. The minimum atomic E-state index is -0.328. The fourth-order valence-corrected chi connectivity index (χ4v) is 3.32. The van der Waals surface area contributed by atoms with Crippen LogP contribution in [0.1, 0.15) is 28.5 Å². The molecule has 1 amide bonds. The smallest absolute Gasteiger partial charge is 0.261 e. The van der Waals surface area contributed by atoms with Crippen molar-refractivity contribution < 1.29 is 9.53 Å². The molecular formula is C20H21BrN4O2. The van der Waals surface area contributed by atoms with Gasteiger partial charge in [-0.2, -0.15) is 5.10 Å². The van der Waals surface area contributed by atoms with E-state index in [2.05, 4.69) is 33.3 Å². The monoisotopic (exact) mass is 428 g/mol. The summed E-state index contributed by atoms with van der Waals surface area (Å²) in [6.45, 7) is 3.84. The molecule has 2 aromatic carbocycles. The van der Waals surface area contributed by atoms with Crippen LogP contribution in [0, 0.1) is 6.92 Å². The molecule has 27 heavy (non-hydrogen) atoms. The molecule has 0 saturated carbocycles. The van der Waals surface area contributed by atoms with Crippen LogP contribution in [0.3, 0.4) is 0 Å². The zero-order valence-electron chi connectivity index (χ0n) is 15.4. The first kappa shape index (κ1) is 19.0. The fourth-order valence-electron chi connectivity index (χ4n) is 2.98. The molecule has 0 bridgehead atoms. The Morgan fingerprint density at radius 2 is 2.04 bits per heavy atom. The molecular weight excluding hydrogens is 408 g/mol. The number of rotatable bonds is 5. The molecule has 6 nitrogen and oxygen atoms in total. The summed E-state index contributed by atoms with van der Waals surface area (Å²) in [7, 11) is 1.55. The second-order valence-corrected chi connectivity index (χ2v) is 6.95. The lowest BCUT2D eigenvalue weighted by molar-refractivity contribution is 0.102. The number of nitrogens with two attached hydrogens (primary N) is 1. The molecule has 1 heterocycles. The number of carbonyl (C=O) groups excluding carboxylic acids is 1. The number of nitrogens with one attached hydrogen (secondary N) is 1. The van der Waals surface area contributed by atoms with Crippen molar-refractivity contribution in [2.24, 2.45) is 0 Å². The number of para-hydroxylation sites is 1. The van der Waals surface area contributed by atoms with Gasteiger partial charge >= 0.3 is 0 Å². The molecule has 140 valence electrons. The Morgan fingerprint density at radius 1 is 1.30 bits per heavy atom. The van der Waals surface area contributed by atoms with Crippen LogP contribution in [0.15, 0.2) is 46.9 Å². The third-order valence-electron chi connectivity index (χ3n) is 4.34. The molecule has 0 aliphatic rings. The van der Waals surface area contributed by atoms with Crippen molar-refractivity contribution >= 4 is 33.3 Å². The molecule has 3 N–H and O–H groups in total. The molecule has 0 aliphatic carbocycles. The lowest BCUT2D eigenvalue weighted by atomic mass is 10.1. The van der Waals surface area contributed by atoms with E-state index in [1.54, 1.807) is 30.8 Å². The largest absolute Gasteiger partial charge is 0.495 e. The number of anilines is 2. The maximum atomic E-state index is 12.9. The van der Waals surface area contributed by atoms with Gasteiger partial charge in [-0.3, -0.25) is 4.79 Å². The lowest BCUT2D eigenvalue weighted by Crippen LogP contribution is -2.15. The third-order valence-corrected chi connectivity index (χ3v) is 4.83. The quantitative estimate of drug-likeness (QED) is 0.632. The number of aromatic nitrogens is 2. The van der Waals surface area contributed by atoms with Crippen molar-refractivity contribution in [1.29, 1.82) is 0 Å². The van der Waals surface area contributed by atoms with Gasteiger partial charge in [-0.15, -0.1) is 0 Å². The third kappa shape index (κ3) is 3.68. The van der Waals surface area contributed by atoms with Crippen molar-refractivity contribution in [3.05, 3.63) is 63.8 Å². The van der Waals surface area contributed by atoms with Crippen molar-refractivity contribution in [1.82, 2.24) is 9.78 Å². The zero-order valence-corrected chi connectivity index (χ0v) is 17.0. The van der Waals surface area contributed by atoms with Gasteiger partial charge in [0.2, 0.25) is 0 Å². The molecule has 3 rings (SSSR count). The molecule has 0 atom stereocenters. The van der Waals surface area contributed by atoms with Gasteiger partial charge in [-0.25, -0.2) is 4.68 Å². The Labute approximate surface area is 166 Å². The standard InChI is InChI=1S/C20H21BrN4O2/c1-4-13-7-5-6-8-16(13)25-19(22)18(12(2)24-25)20(26)23-15-10-9-14(21)11-17(15)27-3/h5-11H,4,22H2,1-3H3,(H,23,26). The van der Waals surface area contributed by atoms with Crippen molar-refractivity contribution in [2.75, 3.05) is 18.2 Å². The van der Waals surface area contributed by atoms with Gasteiger partial charge in [0.25, 0.3) is 5.91 Å². The van der Waals surface area contributed by atoms with Crippen LogP contribution in [-0.2, 0) is 6.42 Å². The Kier molecular flexibility index (Phi) is 5.51. The number of benzene rings is 2. The summed E-state index contributed by atoms with van der Waals surface area (Å²) in [6, 6.07) is 13.3. The van der Waals surface area contributed by atoms with E-state index < -0.39 is 0 Å². The van der Waals surface area contributed by atoms with Gasteiger partial charge in [-0.1, -0.05) is 41.1 Å². The summed E-state index contributed by atoms with van der Waals surface area (Å²) in [5.74, 6) is 0.533. The van der Waals surface area contributed by atoms with E-state index in [9.17, 15) is 4.79 Å². The normalized spacial score (nSPS) is 10.7. The first-order valence-electron chi connectivity index (χ1n) is 8.54. The number of amides is 1. The second-order valence-electron chi connectivity index (χ2n) is 6.04. The van der Waals surface area contributed by atoms with Gasteiger partial charge in [0.1, 0.15) is 17.1 Å². The first-order chi connectivity index (χ1) is 13.0. The summed E-state index contributed by atoms with van der Waals surface area (Å²) in [6.07, 6.45) is 0.839. The van der Waals surface area contributed by atoms with E-state index in [0.29, 0.717) is 28.5 Å². The number of methoxy groups -OCH3 is 1.